The summed E-state index contributed by atoms with van der Waals surface area (Å²) in [4.78, 5) is 0. The highest BCUT2D eigenvalue weighted by atomic mass is 32.1. The number of aromatic nitrogens is 3. The van der Waals surface area contributed by atoms with E-state index < -0.39 is 0 Å². The van der Waals surface area contributed by atoms with Gasteiger partial charge in [0.1, 0.15) is 5.75 Å². The quantitative estimate of drug-likeness (QED) is 0.380. The molecule has 0 aliphatic carbocycles. The molecule has 0 unspecified atom stereocenters. The van der Waals surface area contributed by atoms with Gasteiger partial charge in [-0.1, -0.05) is 54.6 Å². The molecule has 0 aliphatic rings. The fraction of sp³-hybridized carbons (Fsp3) is 0.0455. The van der Waals surface area contributed by atoms with Gasteiger partial charge in [0.15, 0.2) is 5.82 Å². The maximum atomic E-state index is 5.33. The van der Waals surface area contributed by atoms with Crippen LogP contribution in [0.5, 0.6) is 5.75 Å². The van der Waals surface area contributed by atoms with Gasteiger partial charge < -0.3 is 4.74 Å². The van der Waals surface area contributed by atoms with Crippen molar-refractivity contribution < 1.29 is 4.74 Å². The number of methoxy groups -OCH3 is 1. The van der Waals surface area contributed by atoms with Gasteiger partial charge in [-0.15, -0.1) is 0 Å². The summed E-state index contributed by atoms with van der Waals surface area (Å²) in [6.45, 7) is 0. The molecule has 4 aromatic rings. The van der Waals surface area contributed by atoms with E-state index in [2.05, 4.69) is 39.6 Å². The Kier molecular flexibility index (Phi) is 5.12. The van der Waals surface area contributed by atoms with Gasteiger partial charge in [-0.3, -0.25) is 0 Å². The van der Waals surface area contributed by atoms with E-state index in [-0.39, 0.29) is 0 Å². The monoisotopic (exact) mass is 386 g/mol. The highest BCUT2D eigenvalue weighted by Crippen LogP contribution is 2.21. The molecular weight excluding hydrogens is 368 g/mol. The summed E-state index contributed by atoms with van der Waals surface area (Å²) in [6, 6.07) is 26.1. The van der Waals surface area contributed by atoms with Crippen LogP contribution in [0, 0.1) is 4.77 Å². The third kappa shape index (κ3) is 3.77. The predicted molar refractivity (Wildman–Crippen MR) is 114 cm³/mol. The van der Waals surface area contributed by atoms with E-state index in [0.29, 0.717) is 10.6 Å². The molecule has 0 bridgehead atoms. The van der Waals surface area contributed by atoms with Crippen LogP contribution in [0.15, 0.2) is 84.0 Å². The second-order valence-corrected chi connectivity index (χ2v) is 6.51. The largest absolute Gasteiger partial charge is 0.497 e. The van der Waals surface area contributed by atoms with Crippen LogP contribution in [0.3, 0.4) is 0 Å². The van der Waals surface area contributed by atoms with Crippen LogP contribution in [0.2, 0.25) is 0 Å². The summed E-state index contributed by atoms with van der Waals surface area (Å²) in [5.74, 6) is 1.43. The topological polar surface area (TPSA) is 55.2 Å². The minimum atomic E-state index is 0.433. The normalized spacial score (nSPS) is 11.0. The van der Waals surface area contributed by atoms with Crippen LogP contribution < -0.4 is 4.74 Å². The Hall–Kier alpha value is -3.51. The number of nitrogens with zero attached hydrogens (tertiary/aromatic N) is 3. The number of H-pyrrole nitrogens is 1. The number of hydrogen-bond acceptors (Lipinski definition) is 4. The number of hydrogen-bond donors (Lipinski definition) is 1. The molecule has 0 saturated carbocycles. The molecule has 4 rings (SSSR count). The Morgan fingerprint density at radius 3 is 2.21 bits per heavy atom. The van der Waals surface area contributed by atoms with Crippen molar-refractivity contribution in [2.45, 2.75) is 0 Å². The van der Waals surface area contributed by atoms with Crippen molar-refractivity contribution in [2.75, 3.05) is 7.11 Å². The molecular formula is C22H18N4OS. The molecule has 0 aliphatic heterocycles. The summed E-state index contributed by atoms with van der Waals surface area (Å²) in [5, 5.41) is 11.6. The zero-order valence-electron chi connectivity index (χ0n) is 15.2. The molecule has 1 N–H and O–H groups in total. The van der Waals surface area contributed by atoms with Crippen LogP contribution in [-0.4, -0.2) is 28.2 Å². The van der Waals surface area contributed by atoms with Gasteiger partial charge in [0.2, 0.25) is 4.77 Å². The minimum Gasteiger partial charge on any atom is -0.497 e. The fourth-order valence-corrected chi connectivity index (χ4v) is 3.02. The Morgan fingerprint density at radius 2 is 1.54 bits per heavy atom. The van der Waals surface area contributed by atoms with E-state index in [1.165, 1.54) is 5.56 Å². The average Bonchev–Trinajstić information content (AvgIpc) is 3.13. The number of benzene rings is 3. The van der Waals surface area contributed by atoms with Crippen LogP contribution in [0.1, 0.15) is 5.56 Å². The fourth-order valence-electron chi connectivity index (χ4n) is 2.84. The predicted octanol–water partition coefficient (Wildman–Crippen LogP) is 5.17. The molecule has 0 radical (unpaired) electrons. The minimum absolute atomic E-state index is 0.433. The van der Waals surface area contributed by atoms with E-state index in [1.54, 1.807) is 18.0 Å². The summed E-state index contributed by atoms with van der Waals surface area (Å²) in [7, 11) is 1.64. The highest BCUT2D eigenvalue weighted by Gasteiger charge is 2.08. The molecule has 1 heterocycles. The van der Waals surface area contributed by atoms with Crippen molar-refractivity contribution >= 4 is 18.4 Å². The standard InChI is InChI=1S/C22H18N4OS/c1-27-20-13-11-19(12-14-20)21-24-25-22(28)26(21)23-15-16-7-9-18(10-8-16)17-5-3-2-4-6-17/h2-15H,1H3,(H,25,28)/b23-15-. The van der Waals surface area contributed by atoms with Crippen molar-refractivity contribution in [3.05, 3.63) is 89.2 Å². The van der Waals surface area contributed by atoms with Crippen molar-refractivity contribution in [3.8, 4) is 28.3 Å². The van der Waals surface area contributed by atoms with Crippen LogP contribution >= 0.6 is 12.2 Å². The molecule has 0 saturated heterocycles. The Bertz CT molecular complexity index is 1140. The Labute approximate surface area is 167 Å². The van der Waals surface area contributed by atoms with Crippen LogP contribution in [0.25, 0.3) is 22.5 Å². The van der Waals surface area contributed by atoms with Gasteiger partial charge in [0.05, 0.1) is 13.3 Å². The van der Waals surface area contributed by atoms with E-state index in [1.807, 2.05) is 54.6 Å². The van der Waals surface area contributed by atoms with Gasteiger partial charge in [-0.25, -0.2) is 5.10 Å². The lowest BCUT2D eigenvalue weighted by molar-refractivity contribution is 0.415. The van der Waals surface area contributed by atoms with Crippen molar-refractivity contribution in [1.82, 2.24) is 14.9 Å². The van der Waals surface area contributed by atoms with E-state index in [9.17, 15) is 0 Å². The molecule has 5 nitrogen and oxygen atoms in total. The molecule has 0 atom stereocenters. The van der Waals surface area contributed by atoms with Gasteiger partial charge >= 0.3 is 0 Å². The lowest BCUT2D eigenvalue weighted by Gasteiger charge is -2.04. The number of rotatable bonds is 5. The van der Waals surface area contributed by atoms with Gasteiger partial charge in [-0.05, 0) is 53.2 Å². The molecule has 0 spiro atoms. The summed E-state index contributed by atoms with van der Waals surface area (Å²) < 4.78 is 7.25. The van der Waals surface area contributed by atoms with Crippen molar-refractivity contribution in [3.63, 3.8) is 0 Å². The molecule has 6 heteroatoms. The molecule has 0 amide bonds. The molecule has 1 aromatic heterocycles. The SMILES string of the molecule is COc1ccc(-c2n[nH]c(=S)n2/N=C\c2ccc(-c3ccccc3)cc2)cc1. The zero-order valence-corrected chi connectivity index (χ0v) is 16.1. The Balaban J connectivity index is 1.60. The number of aromatic amines is 1. The molecule has 138 valence electrons. The van der Waals surface area contributed by atoms with Gasteiger partial charge in [-0.2, -0.15) is 14.9 Å². The lowest BCUT2D eigenvalue weighted by Crippen LogP contribution is -1.95. The highest BCUT2D eigenvalue weighted by molar-refractivity contribution is 7.71. The third-order valence-electron chi connectivity index (χ3n) is 4.34. The first-order chi connectivity index (χ1) is 13.7. The second-order valence-electron chi connectivity index (χ2n) is 6.13. The van der Waals surface area contributed by atoms with E-state index in [4.69, 9.17) is 17.0 Å². The summed E-state index contributed by atoms with van der Waals surface area (Å²) in [5.41, 5.74) is 4.22. The zero-order chi connectivity index (χ0) is 19.3. The third-order valence-corrected chi connectivity index (χ3v) is 4.60. The molecule has 0 fully saturated rings. The first-order valence-electron chi connectivity index (χ1n) is 8.76. The van der Waals surface area contributed by atoms with E-state index >= 15 is 0 Å². The average molecular weight is 386 g/mol. The summed E-state index contributed by atoms with van der Waals surface area (Å²) in [6.07, 6.45) is 1.77. The molecule has 3 aromatic carbocycles. The Morgan fingerprint density at radius 1 is 0.893 bits per heavy atom. The lowest BCUT2D eigenvalue weighted by atomic mass is 10.0. The van der Waals surface area contributed by atoms with Crippen LogP contribution in [0.4, 0.5) is 0 Å². The molecule has 28 heavy (non-hydrogen) atoms. The van der Waals surface area contributed by atoms with Gasteiger partial charge in [0, 0.05) is 5.56 Å². The first kappa shape index (κ1) is 17.9. The number of nitrogens with one attached hydrogen (secondary N) is 1. The number of ether oxygens (including phenoxy) is 1. The van der Waals surface area contributed by atoms with Crippen molar-refractivity contribution in [1.29, 1.82) is 0 Å². The van der Waals surface area contributed by atoms with Crippen LogP contribution in [-0.2, 0) is 0 Å². The first-order valence-corrected chi connectivity index (χ1v) is 9.17. The second kappa shape index (κ2) is 8.02. The maximum Gasteiger partial charge on any atom is 0.216 e. The summed E-state index contributed by atoms with van der Waals surface area (Å²) >= 11 is 5.33. The van der Waals surface area contributed by atoms with E-state index in [0.717, 1.165) is 22.4 Å². The van der Waals surface area contributed by atoms with Gasteiger partial charge in [0.25, 0.3) is 0 Å². The smallest absolute Gasteiger partial charge is 0.216 e. The van der Waals surface area contributed by atoms with Crippen molar-refractivity contribution in [2.24, 2.45) is 5.10 Å². The maximum absolute atomic E-state index is 5.33.